The third kappa shape index (κ3) is 2.70. The van der Waals surface area contributed by atoms with E-state index in [1.165, 1.54) is 0 Å². The summed E-state index contributed by atoms with van der Waals surface area (Å²) in [7, 11) is 0. The highest BCUT2D eigenvalue weighted by Gasteiger charge is 2.28. The van der Waals surface area contributed by atoms with Crippen LogP contribution in [0.5, 0.6) is 0 Å². The molecule has 0 heterocycles. The summed E-state index contributed by atoms with van der Waals surface area (Å²) in [4.78, 5) is 0. The summed E-state index contributed by atoms with van der Waals surface area (Å²) in [6, 6.07) is 0. The number of halogens is 2. The van der Waals surface area contributed by atoms with E-state index in [9.17, 15) is 8.78 Å². The quantitative estimate of drug-likeness (QED) is 0.645. The molecule has 0 radical (unpaired) electrons. The Morgan fingerprint density at radius 1 is 1.25 bits per heavy atom. The Labute approximate surface area is 72.1 Å². The molecule has 0 N–H and O–H groups in total. The van der Waals surface area contributed by atoms with Crippen LogP contribution in [0, 0.1) is 11.8 Å². The molecule has 72 valence electrons. The van der Waals surface area contributed by atoms with Crippen LogP contribution in [0.4, 0.5) is 8.78 Å². The molecular formula is C9H16F2O. The Morgan fingerprint density at radius 3 is 2.33 bits per heavy atom. The first-order valence-electron chi connectivity index (χ1n) is 4.53. The van der Waals surface area contributed by atoms with Gasteiger partial charge in [-0.15, -0.1) is 0 Å². The zero-order valence-electron chi connectivity index (χ0n) is 7.59. The number of rotatable bonds is 3. The van der Waals surface area contributed by atoms with Gasteiger partial charge >= 0.3 is 6.61 Å². The maximum absolute atomic E-state index is 11.8. The van der Waals surface area contributed by atoms with Gasteiger partial charge in [0.2, 0.25) is 0 Å². The molecule has 1 saturated carbocycles. The first-order valence-corrected chi connectivity index (χ1v) is 4.53. The zero-order valence-corrected chi connectivity index (χ0v) is 7.59. The molecule has 0 spiro atoms. The summed E-state index contributed by atoms with van der Waals surface area (Å²) in [6.07, 6.45) is 2.45. The molecule has 1 fully saturated rings. The van der Waals surface area contributed by atoms with Gasteiger partial charge in [0.25, 0.3) is 0 Å². The Bertz CT molecular complexity index is 136. The molecule has 0 aromatic rings. The van der Waals surface area contributed by atoms with Crippen LogP contribution in [0.25, 0.3) is 0 Å². The van der Waals surface area contributed by atoms with Crippen LogP contribution >= 0.6 is 0 Å². The fourth-order valence-electron chi connectivity index (χ4n) is 1.85. The molecule has 0 aromatic heterocycles. The molecule has 0 bridgehead atoms. The van der Waals surface area contributed by atoms with Crippen LogP contribution in [0.2, 0.25) is 0 Å². The Balaban J connectivity index is 2.26. The third-order valence-electron chi connectivity index (χ3n) is 2.66. The summed E-state index contributed by atoms with van der Waals surface area (Å²) < 4.78 is 28.0. The standard InChI is InChI=1S/C9H16F2O/c1-6(2)7-3-4-8(5-7)12-9(10)11/h6-9H,3-5H2,1-2H3. The summed E-state index contributed by atoms with van der Waals surface area (Å²) in [5.41, 5.74) is 0. The van der Waals surface area contributed by atoms with E-state index in [4.69, 9.17) is 0 Å². The van der Waals surface area contributed by atoms with Gasteiger partial charge in [-0.1, -0.05) is 13.8 Å². The molecular weight excluding hydrogens is 162 g/mol. The molecule has 1 nitrogen and oxygen atoms in total. The minimum absolute atomic E-state index is 0.197. The summed E-state index contributed by atoms with van der Waals surface area (Å²) in [5, 5.41) is 0. The van der Waals surface area contributed by atoms with Crippen molar-refractivity contribution in [2.75, 3.05) is 0 Å². The number of alkyl halides is 2. The molecule has 3 heteroatoms. The van der Waals surface area contributed by atoms with Gasteiger partial charge in [-0.2, -0.15) is 8.78 Å². The van der Waals surface area contributed by atoms with E-state index in [1.807, 2.05) is 0 Å². The van der Waals surface area contributed by atoms with E-state index in [2.05, 4.69) is 18.6 Å². The van der Waals surface area contributed by atoms with Crippen molar-refractivity contribution in [1.29, 1.82) is 0 Å². The number of hydrogen-bond acceptors (Lipinski definition) is 1. The van der Waals surface area contributed by atoms with E-state index in [-0.39, 0.29) is 6.10 Å². The second-order valence-electron chi connectivity index (χ2n) is 3.84. The normalized spacial score (nSPS) is 30.5. The average molecular weight is 178 g/mol. The van der Waals surface area contributed by atoms with Crippen LogP contribution in [-0.2, 0) is 4.74 Å². The first-order chi connectivity index (χ1) is 5.59. The Morgan fingerprint density at radius 2 is 1.92 bits per heavy atom. The fourth-order valence-corrected chi connectivity index (χ4v) is 1.85. The minimum Gasteiger partial charge on any atom is -0.320 e. The van der Waals surface area contributed by atoms with Gasteiger partial charge in [-0.3, -0.25) is 0 Å². The predicted octanol–water partition coefficient (Wildman–Crippen LogP) is 3.05. The van der Waals surface area contributed by atoms with Crippen LogP contribution in [-0.4, -0.2) is 12.7 Å². The molecule has 0 amide bonds. The van der Waals surface area contributed by atoms with Crippen molar-refractivity contribution in [3.8, 4) is 0 Å². The van der Waals surface area contributed by atoms with Crippen molar-refractivity contribution in [3.63, 3.8) is 0 Å². The monoisotopic (exact) mass is 178 g/mol. The molecule has 1 aliphatic rings. The van der Waals surface area contributed by atoms with Gasteiger partial charge in [0.05, 0.1) is 6.10 Å². The predicted molar refractivity (Wildman–Crippen MR) is 43.1 cm³/mol. The van der Waals surface area contributed by atoms with Gasteiger partial charge in [-0.25, -0.2) is 0 Å². The molecule has 0 aliphatic heterocycles. The first kappa shape index (κ1) is 9.90. The second-order valence-corrected chi connectivity index (χ2v) is 3.84. The molecule has 12 heavy (non-hydrogen) atoms. The van der Waals surface area contributed by atoms with Crippen LogP contribution in [0.3, 0.4) is 0 Å². The van der Waals surface area contributed by atoms with Gasteiger partial charge < -0.3 is 4.74 Å². The average Bonchev–Trinajstić information content (AvgIpc) is 2.34. The van der Waals surface area contributed by atoms with Gasteiger partial charge in [0.15, 0.2) is 0 Å². The molecule has 1 aliphatic carbocycles. The van der Waals surface area contributed by atoms with Crippen molar-refractivity contribution in [2.45, 2.75) is 45.8 Å². The molecule has 0 saturated heterocycles. The minimum atomic E-state index is -2.60. The highest BCUT2D eigenvalue weighted by atomic mass is 19.3. The van der Waals surface area contributed by atoms with Crippen molar-refractivity contribution in [2.24, 2.45) is 11.8 Å². The number of hydrogen-bond donors (Lipinski definition) is 0. The van der Waals surface area contributed by atoms with Crippen molar-refractivity contribution >= 4 is 0 Å². The summed E-state index contributed by atoms with van der Waals surface area (Å²) in [6.45, 7) is 1.67. The van der Waals surface area contributed by atoms with E-state index in [0.717, 1.165) is 19.3 Å². The highest BCUT2D eigenvalue weighted by molar-refractivity contribution is 4.77. The van der Waals surface area contributed by atoms with Crippen LogP contribution < -0.4 is 0 Å². The van der Waals surface area contributed by atoms with E-state index >= 15 is 0 Å². The zero-order chi connectivity index (χ0) is 9.14. The lowest BCUT2D eigenvalue weighted by Gasteiger charge is -2.14. The van der Waals surface area contributed by atoms with Gasteiger partial charge in [0, 0.05) is 0 Å². The SMILES string of the molecule is CC(C)C1CCC(OC(F)F)C1. The van der Waals surface area contributed by atoms with E-state index in [0.29, 0.717) is 11.8 Å². The second kappa shape index (κ2) is 4.17. The molecule has 1 rings (SSSR count). The van der Waals surface area contributed by atoms with Gasteiger partial charge in [-0.05, 0) is 31.1 Å². The van der Waals surface area contributed by atoms with Crippen molar-refractivity contribution in [1.82, 2.24) is 0 Å². The van der Waals surface area contributed by atoms with E-state index < -0.39 is 6.61 Å². The van der Waals surface area contributed by atoms with Crippen LogP contribution in [0.15, 0.2) is 0 Å². The maximum Gasteiger partial charge on any atom is 0.345 e. The Kier molecular flexibility index (Phi) is 3.44. The topological polar surface area (TPSA) is 9.23 Å². The van der Waals surface area contributed by atoms with Gasteiger partial charge in [0.1, 0.15) is 0 Å². The highest BCUT2D eigenvalue weighted by Crippen LogP contribution is 2.33. The summed E-state index contributed by atoms with van der Waals surface area (Å²) >= 11 is 0. The lowest BCUT2D eigenvalue weighted by atomic mass is 9.95. The molecule has 2 atom stereocenters. The maximum atomic E-state index is 11.8. The fraction of sp³-hybridized carbons (Fsp3) is 1.00. The third-order valence-corrected chi connectivity index (χ3v) is 2.66. The van der Waals surface area contributed by atoms with E-state index in [1.54, 1.807) is 0 Å². The lowest BCUT2D eigenvalue weighted by Crippen LogP contribution is -2.13. The number of ether oxygens (including phenoxy) is 1. The smallest absolute Gasteiger partial charge is 0.320 e. The lowest BCUT2D eigenvalue weighted by molar-refractivity contribution is -0.161. The largest absolute Gasteiger partial charge is 0.345 e. The Hall–Kier alpha value is -0.180. The van der Waals surface area contributed by atoms with Crippen molar-refractivity contribution in [3.05, 3.63) is 0 Å². The summed E-state index contributed by atoms with van der Waals surface area (Å²) in [5.74, 6) is 1.17. The van der Waals surface area contributed by atoms with Crippen LogP contribution in [0.1, 0.15) is 33.1 Å². The molecule has 0 aromatic carbocycles. The molecule has 2 unspecified atom stereocenters. The van der Waals surface area contributed by atoms with Crippen molar-refractivity contribution < 1.29 is 13.5 Å².